The third-order valence-corrected chi connectivity index (χ3v) is 3.36. The Morgan fingerprint density at radius 3 is 2.50 bits per heavy atom. The number of rotatable bonds is 4. The number of nitrogens with one attached hydrogen (secondary N) is 1. The number of benzene rings is 1. The van der Waals surface area contributed by atoms with E-state index in [9.17, 15) is 5.11 Å². The van der Waals surface area contributed by atoms with Crippen LogP contribution in [0.2, 0.25) is 0 Å². The molecule has 0 bridgehead atoms. The van der Waals surface area contributed by atoms with E-state index in [1.54, 1.807) is 6.07 Å². The first-order valence-electron chi connectivity index (χ1n) is 7.21. The van der Waals surface area contributed by atoms with E-state index >= 15 is 0 Å². The van der Waals surface area contributed by atoms with Crippen LogP contribution in [0.4, 0.5) is 0 Å². The number of aryl methyl sites for hydroxylation is 1. The SMILES string of the molecule is CC1CCc2ccc(O)cc21.CCCNCCC. The van der Waals surface area contributed by atoms with Crippen molar-refractivity contribution in [2.45, 2.75) is 52.4 Å². The van der Waals surface area contributed by atoms with E-state index in [0.717, 1.165) is 0 Å². The van der Waals surface area contributed by atoms with Gasteiger partial charge in [-0.1, -0.05) is 26.8 Å². The van der Waals surface area contributed by atoms with E-state index in [2.05, 4.69) is 26.1 Å². The minimum atomic E-state index is 0.400. The molecule has 0 saturated carbocycles. The van der Waals surface area contributed by atoms with Crippen LogP contribution in [0.3, 0.4) is 0 Å². The van der Waals surface area contributed by atoms with Crippen LogP contribution in [0.25, 0.3) is 0 Å². The summed E-state index contributed by atoms with van der Waals surface area (Å²) in [5.74, 6) is 1.04. The van der Waals surface area contributed by atoms with E-state index in [1.165, 1.54) is 49.9 Å². The molecule has 0 fully saturated rings. The zero-order chi connectivity index (χ0) is 13.4. The molecule has 1 unspecified atom stereocenters. The molecule has 102 valence electrons. The summed E-state index contributed by atoms with van der Waals surface area (Å²) in [6.07, 6.45) is 4.91. The predicted molar refractivity (Wildman–Crippen MR) is 78.3 cm³/mol. The molecule has 0 spiro atoms. The second kappa shape index (κ2) is 8.15. The summed E-state index contributed by atoms with van der Waals surface area (Å²) in [6.45, 7) is 8.93. The smallest absolute Gasteiger partial charge is 0.115 e. The lowest BCUT2D eigenvalue weighted by Crippen LogP contribution is -2.14. The average Bonchev–Trinajstić information content (AvgIpc) is 2.73. The molecular weight excluding hydrogens is 222 g/mol. The summed E-state index contributed by atoms with van der Waals surface area (Å²) in [5.41, 5.74) is 2.75. The monoisotopic (exact) mass is 249 g/mol. The fourth-order valence-corrected chi connectivity index (χ4v) is 2.27. The zero-order valence-corrected chi connectivity index (χ0v) is 12.0. The summed E-state index contributed by atoms with van der Waals surface area (Å²) in [7, 11) is 0. The minimum Gasteiger partial charge on any atom is -0.508 e. The lowest BCUT2D eigenvalue weighted by atomic mass is 10.0. The van der Waals surface area contributed by atoms with E-state index in [-0.39, 0.29) is 0 Å². The highest BCUT2D eigenvalue weighted by Gasteiger charge is 2.17. The number of hydrogen-bond acceptors (Lipinski definition) is 2. The van der Waals surface area contributed by atoms with Crippen LogP contribution in [0.5, 0.6) is 5.75 Å². The Morgan fingerprint density at radius 1 is 1.22 bits per heavy atom. The zero-order valence-electron chi connectivity index (χ0n) is 12.0. The largest absolute Gasteiger partial charge is 0.508 e. The quantitative estimate of drug-likeness (QED) is 0.795. The highest BCUT2D eigenvalue weighted by Crippen LogP contribution is 2.34. The third-order valence-electron chi connectivity index (χ3n) is 3.36. The Hall–Kier alpha value is -1.02. The second-order valence-electron chi connectivity index (χ2n) is 5.07. The topological polar surface area (TPSA) is 32.3 Å². The molecule has 1 aromatic carbocycles. The van der Waals surface area contributed by atoms with Crippen molar-refractivity contribution in [2.75, 3.05) is 13.1 Å². The van der Waals surface area contributed by atoms with Crippen molar-refractivity contribution in [1.29, 1.82) is 0 Å². The Balaban J connectivity index is 0.000000203. The maximum atomic E-state index is 9.21. The molecule has 0 heterocycles. The van der Waals surface area contributed by atoms with Crippen LogP contribution < -0.4 is 5.32 Å². The Morgan fingerprint density at radius 2 is 1.89 bits per heavy atom. The van der Waals surface area contributed by atoms with Crippen molar-refractivity contribution in [2.24, 2.45) is 0 Å². The standard InChI is InChI=1S/C10H12O.C6H15N/c1-7-2-3-8-4-5-9(11)6-10(7)8;1-3-5-7-6-4-2/h4-7,11H,2-3H2,1H3;7H,3-6H2,1-2H3. The van der Waals surface area contributed by atoms with Gasteiger partial charge in [-0.25, -0.2) is 0 Å². The van der Waals surface area contributed by atoms with Gasteiger partial charge in [-0.3, -0.25) is 0 Å². The molecule has 1 aliphatic carbocycles. The Kier molecular flexibility index (Phi) is 6.81. The second-order valence-corrected chi connectivity index (χ2v) is 5.07. The molecule has 0 radical (unpaired) electrons. The molecule has 0 saturated heterocycles. The number of phenolic OH excluding ortho intramolecular Hbond substituents is 1. The third kappa shape index (κ3) is 4.69. The number of phenols is 1. The van der Waals surface area contributed by atoms with Gasteiger partial charge < -0.3 is 10.4 Å². The van der Waals surface area contributed by atoms with Gasteiger partial charge in [0.2, 0.25) is 0 Å². The molecule has 2 rings (SSSR count). The molecule has 0 aromatic heterocycles. The lowest BCUT2D eigenvalue weighted by Gasteiger charge is -2.03. The molecule has 2 nitrogen and oxygen atoms in total. The van der Waals surface area contributed by atoms with Gasteiger partial charge in [0.15, 0.2) is 0 Å². The van der Waals surface area contributed by atoms with Gasteiger partial charge in [-0.2, -0.15) is 0 Å². The number of hydrogen-bond donors (Lipinski definition) is 2. The van der Waals surface area contributed by atoms with Crippen LogP contribution >= 0.6 is 0 Å². The minimum absolute atomic E-state index is 0.400. The van der Waals surface area contributed by atoms with Crippen LogP contribution in [0.15, 0.2) is 18.2 Å². The summed E-state index contributed by atoms with van der Waals surface area (Å²) in [6, 6.07) is 5.71. The van der Waals surface area contributed by atoms with Gasteiger partial charge in [0.1, 0.15) is 5.75 Å². The van der Waals surface area contributed by atoms with Gasteiger partial charge >= 0.3 is 0 Å². The summed E-state index contributed by atoms with van der Waals surface area (Å²) >= 11 is 0. The summed E-state index contributed by atoms with van der Waals surface area (Å²) < 4.78 is 0. The van der Waals surface area contributed by atoms with Crippen molar-refractivity contribution < 1.29 is 5.11 Å². The van der Waals surface area contributed by atoms with Crippen LogP contribution in [0, 0.1) is 0 Å². The van der Waals surface area contributed by atoms with Crippen molar-refractivity contribution >= 4 is 0 Å². The highest BCUT2D eigenvalue weighted by atomic mass is 16.3. The molecule has 1 aromatic rings. The molecule has 18 heavy (non-hydrogen) atoms. The highest BCUT2D eigenvalue weighted by molar-refractivity contribution is 5.39. The average molecular weight is 249 g/mol. The van der Waals surface area contributed by atoms with E-state index in [1.807, 2.05) is 12.1 Å². The van der Waals surface area contributed by atoms with Crippen LogP contribution in [-0.4, -0.2) is 18.2 Å². The van der Waals surface area contributed by atoms with Crippen molar-refractivity contribution in [3.63, 3.8) is 0 Å². The molecular formula is C16H27NO. The maximum Gasteiger partial charge on any atom is 0.115 e. The first kappa shape index (κ1) is 15.0. The van der Waals surface area contributed by atoms with Gasteiger partial charge in [0, 0.05) is 0 Å². The maximum absolute atomic E-state index is 9.21. The van der Waals surface area contributed by atoms with Crippen molar-refractivity contribution in [3.05, 3.63) is 29.3 Å². The number of aromatic hydroxyl groups is 1. The van der Waals surface area contributed by atoms with Gasteiger partial charge in [0.25, 0.3) is 0 Å². The molecule has 1 atom stereocenters. The van der Waals surface area contributed by atoms with Crippen LogP contribution in [0.1, 0.15) is 57.1 Å². The molecule has 0 aliphatic heterocycles. The molecule has 2 heteroatoms. The van der Waals surface area contributed by atoms with E-state index in [4.69, 9.17) is 0 Å². The predicted octanol–water partition coefficient (Wildman–Crippen LogP) is 3.84. The van der Waals surface area contributed by atoms with Crippen LogP contribution in [-0.2, 0) is 6.42 Å². The Bertz CT molecular complexity index is 345. The lowest BCUT2D eigenvalue weighted by molar-refractivity contribution is 0.474. The fraction of sp³-hybridized carbons (Fsp3) is 0.625. The number of fused-ring (bicyclic) bond motifs is 1. The van der Waals surface area contributed by atoms with Gasteiger partial charge in [0.05, 0.1) is 0 Å². The van der Waals surface area contributed by atoms with E-state index in [0.29, 0.717) is 11.7 Å². The summed E-state index contributed by atoms with van der Waals surface area (Å²) in [5, 5.41) is 12.5. The fourth-order valence-electron chi connectivity index (χ4n) is 2.27. The molecule has 1 aliphatic rings. The normalized spacial score (nSPS) is 16.9. The first-order chi connectivity index (χ1) is 8.69. The van der Waals surface area contributed by atoms with Crippen molar-refractivity contribution in [1.82, 2.24) is 5.32 Å². The van der Waals surface area contributed by atoms with Gasteiger partial charge in [-0.15, -0.1) is 0 Å². The van der Waals surface area contributed by atoms with Gasteiger partial charge in [-0.05, 0) is 68.0 Å². The first-order valence-corrected chi connectivity index (χ1v) is 7.21. The summed E-state index contributed by atoms with van der Waals surface area (Å²) in [4.78, 5) is 0. The van der Waals surface area contributed by atoms with Crippen molar-refractivity contribution in [3.8, 4) is 5.75 Å². The molecule has 0 amide bonds. The van der Waals surface area contributed by atoms with E-state index < -0.39 is 0 Å². The molecule has 2 N–H and O–H groups in total. The Labute approximate surface area is 111 Å².